The molecule has 4 N–H and O–H groups in total. The smallest absolute Gasteiger partial charge is 0.160 e. The fourth-order valence-corrected chi connectivity index (χ4v) is 2.07. The van der Waals surface area contributed by atoms with Crippen LogP contribution >= 0.6 is 0 Å². The number of nitrogens with two attached hydrogens (primary N) is 1. The van der Waals surface area contributed by atoms with E-state index in [1.165, 1.54) is 0 Å². The molecule has 0 aromatic carbocycles. The molecule has 0 aliphatic carbocycles. The Hall–Kier alpha value is -1.40. The Morgan fingerprint density at radius 1 is 1.35 bits per heavy atom. The van der Waals surface area contributed by atoms with E-state index in [2.05, 4.69) is 27.6 Å². The van der Waals surface area contributed by atoms with Gasteiger partial charge in [0.1, 0.15) is 5.82 Å². The van der Waals surface area contributed by atoms with Crippen molar-refractivity contribution >= 4 is 11.6 Å². The first-order valence-electron chi connectivity index (χ1n) is 5.92. The van der Waals surface area contributed by atoms with Gasteiger partial charge in [0.05, 0.1) is 12.4 Å². The minimum atomic E-state index is 0.362. The number of hydrogen-bond donors (Lipinski definition) is 3. The van der Waals surface area contributed by atoms with E-state index in [4.69, 9.17) is 10.6 Å². The average Bonchev–Trinajstić information content (AvgIpc) is 2.40. The van der Waals surface area contributed by atoms with Gasteiger partial charge in [-0.1, -0.05) is 0 Å². The lowest BCUT2D eigenvalue weighted by molar-refractivity contribution is 0.0622. The van der Waals surface area contributed by atoms with Gasteiger partial charge < -0.3 is 15.5 Å². The second kappa shape index (κ2) is 5.79. The highest BCUT2D eigenvalue weighted by molar-refractivity contribution is 5.41. The fourth-order valence-electron chi connectivity index (χ4n) is 2.07. The van der Waals surface area contributed by atoms with E-state index in [1.54, 1.807) is 12.4 Å². The molecule has 94 valence electrons. The number of nitrogen functional groups attached to an aromatic ring is 1. The molecule has 1 aromatic heterocycles. The normalized spacial score (nSPS) is 18.7. The van der Waals surface area contributed by atoms with E-state index in [9.17, 15) is 0 Å². The molecule has 6 nitrogen and oxygen atoms in total. The molecule has 0 bridgehead atoms. The number of rotatable bonds is 4. The van der Waals surface area contributed by atoms with Crippen molar-refractivity contribution in [2.24, 2.45) is 11.8 Å². The number of anilines is 2. The summed E-state index contributed by atoms with van der Waals surface area (Å²) >= 11 is 0. The van der Waals surface area contributed by atoms with Gasteiger partial charge in [0.25, 0.3) is 0 Å². The largest absolute Gasteiger partial charge is 0.381 e. The number of nitrogens with one attached hydrogen (secondary N) is 2. The zero-order valence-electron chi connectivity index (χ0n) is 10.0. The standard InChI is InChI=1S/C11H19N5O/c1-8(9-2-4-17-5-3-9)14-10-6-13-7-11(15-10)16-12/h6-9H,2-5,12H2,1H3,(H2,14,15,16). The van der Waals surface area contributed by atoms with Crippen molar-refractivity contribution in [3.8, 4) is 0 Å². The van der Waals surface area contributed by atoms with E-state index >= 15 is 0 Å². The second-order valence-corrected chi connectivity index (χ2v) is 4.32. The van der Waals surface area contributed by atoms with Crippen molar-refractivity contribution in [2.75, 3.05) is 24.0 Å². The molecule has 17 heavy (non-hydrogen) atoms. The molecule has 1 atom stereocenters. The van der Waals surface area contributed by atoms with Crippen LogP contribution in [0.4, 0.5) is 11.6 Å². The summed E-state index contributed by atoms with van der Waals surface area (Å²) < 4.78 is 5.35. The number of hydrazine groups is 1. The molecule has 1 aliphatic heterocycles. The van der Waals surface area contributed by atoms with Gasteiger partial charge in [0.15, 0.2) is 5.82 Å². The predicted molar refractivity (Wildman–Crippen MR) is 66.5 cm³/mol. The maximum Gasteiger partial charge on any atom is 0.160 e. The third kappa shape index (κ3) is 3.28. The highest BCUT2D eigenvalue weighted by atomic mass is 16.5. The van der Waals surface area contributed by atoms with Crippen molar-refractivity contribution in [1.82, 2.24) is 9.97 Å². The quantitative estimate of drug-likeness (QED) is 0.535. The first kappa shape index (κ1) is 12.1. The third-order valence-electron chi connectivity index (χ3n) is 3.13. The molecular formula is C11H19N5O. The first-order chi connectivity index (χ1) is 8.29. The van der Waals surface area contributed by atoms with Gasteiger partial charge in [-0.15, -0.1) is 0 Å². The van der Waals surface area contributed by atoms with Crippen LogP contribution in [0.3, 0.4) is 0 Å². The van der Waals surface area contributed by atoms with E-state index in [0.29, 0.717) is 17.8 Å². The van der Waals surface area contributed by atoms with Crippen LogP contribution in [-0.2, 0) is 4.74 Å². The van der Waals surface area contributed by atoms with Crippen molar-refractivity contribution in [3.05, 3.63) is 12.4 Å². The molecule has 2 rings (SSSR count). The molecule has 0 spiro atoms. The Labute approximate surface area is 101 Å². The lowest BCUT2D eigenvalue weighted by atomic mass is 9.93. The monoisotopic (exact) mass is 237 g/mol. The van der Waals surface area contributed by atoms with E-state index in [-0.39, 0.29) is 0 Å². The summed E-state index contributed by atoms with van der Waals surface area (Å²) in [5.74, 6) is 7.23. The van der Waals surface area contributed by atoms with Crippen molar-refractivity contribution in [1.29, 1.82) is 0 Å². The summed E-state index contributed by atoms with van der Waals surface area (Å²) in [4.78, 5) is 8.35. The highest BCUT2D eigenvalue weighted by Gasteiger charge is 2.20. The molecule has 1 aliphatic rings. The minimum Gasteiger partial charge on any atom is -0.381 e. The van der Waals surface area contributed by atoms with E-state index < -0.39 is 0 Å². The summed E-state index contributed by atoms with van der Waals surface area (Å²) in [6.45, 7) is 3.87. The van der Waals surface area contributed by atoms with Gasteiger partial charge in [-0.2, -0.15) is 0 Å². The van der Waals surface area contributed by atoms with E-state index in [0.717, 1.165) is 31.9 Å². The molecule has 0 radical (unpaired) electrons. The SMILES string of the molecule is CC(Nc1cncc(NN)n1)C1CCOCC1. The number of aromatic nitrogens is 2. The van der Waals surface area contributed by atoms with Crippen LogP contribution in [0.25, 0.3) is 0 Å². The number of hydrogen-bond acceptors (Lipinski definition) is 6. The molecule has 1 saturated heterocycles. The maximum atomic E-state index is 5.35. The van der Waals surface area contributed by atoms with Gasteiger partial charge in [-0.25, -0.2) is 10.8 Å². The third-order valence-corrected chi connectivity index (χ3v) is 3.13. The lowest BCUT2D eigenvalue weighted by Gasteiger charge is -2.28. The molecular weight excluding hydrogens is 218 g/mol. The van der Waals surface area contributed by atoms with Crippen LogP contribution in [-0.4, -0.2) is 29.2 Å². The molecule has 0 amide bonds. The van der Waals surface area contributed by atoms with Gasteiger partial charge in [-0.05, 0) is 25.7 Å². The van der Waals surface area contributed by atoms with Gasteiger partial charge in [-0.3, -0.25) is 4.98 Å². The lowest BCUT2D eigenvalue weighted by Crippen LogP contribution is -2.31. The van der Waals surface area contributed by atoms with Crippen LogP contribution in [0.1, 0.15) is 19.8 Å². The van der Waals surface area contributed by atoms with Crippen molar-refractivity contribution in [2.45, 2.75) is 25.8 Å². The van der Waals surface area contributed by atoms with Crippen LogP contribution in [0.5, 0.6) is 0 Å². The topological polar surface area (TPSA) is 85.1 Å². The van der Waals surface area contributed by atoms with Crippen molar-refractivity contribution in [3.63, 3.8) is 0 Å². The Morgan fingerprint density at radius 2 is 2.06 bits per heavy atom. The Bertz CT molecular complexity index is 353. The Kier molecular flexibility index (Phi) is 4.11. The van der Waals surface area contributed by atoms with Crippen LogP contribution in [0, 0.1) is 5.92 Å². The zero-order valence-corrected chi connectivity index (χ0v) is 10.0. The molecule has 0 saturated carbocycles. The zero-order chi connectivity index (χ0) is 12.1. The molecule has 6 heteroatoms. The van der Waals surface area contributed by atoms with Gasteiger partial charge in [0, 0.05) is 19.3 Å². The van der Waals surface area contributed by atoms with Crippen LogP contribution in [0.2, 0.25) is 0 Å². The molecule has 1 aromatic rings. The summed E-state index contributed by atoms with van der Waals surface area (Å²) in [6, 6.07) is 0.362. The summed E-state index contributed by atoms with van der Waals surface area (Å²) in [5, 5.41) is 3.36. The first-order valence-corrected chi connectivity index (χ1v) is 5.92. The second-order valence-electron chi connectivity index (χ2n) is 4.32. The number of nitrogens with zero attached hydrogens (tertiary/aromatic N) is 2. The Morgan fingerprint density at radius 3 is 2.76 bits per heavy atom. The Balaban J connectivity index is 1.94. The van der Waals surface area contributed by atoms with Crippen LogP contribution < -0.4 is 16.6 Å². The predicted octanol–water partition coefficient (Wildman–Crippen LogP) is 0.989. The molecule has 1 fully saturated rings. The van der Waals surface area contributed by atoms with Crippen LogP contribution in [0.15, 0.2) is 12.4 Å². The summed E-state index contributed by atoms with van der Waals surface area (Å²) in [7, 11) is 0. The van der Waals surface area contributed by atoms with Crippen molar-refractivity contribution < 1.29 is 4.74 Å². The highest BCUT2D eigenvalue weighted by Crippen LogP contribution is 2.21. The van der Waals surface area contributed by atoms with Gasteiger partial charge in [0.2, 0.25) is 0 Å². The maximum absolute atomic E-state index is 5.35. The van der Waals surface area contributed by atoms with E-state index in [1.807, 2.05) is 0 Å². The minimum absolute atomic E-state index is 0.362. The average molecular weight is 237 g/mol. The fraction of sp³-hybridized carbons (Fsp3) is 0.636. The molecule has 2 heterocycles. The number of ether oxygens (including phenoxy) is 1. The molecule has 1 unspecified atom stereocenters. The summed E-state index contributed by atoms with van der Waals surface area (Å²) in [5.41, 5.74) is 2.49. The summed E-state index contributed by atoms with van der Waals surface area (Å²) in [6.07, 6.45) is 5.48. The van der Waals surface area contributed by atoms with Gasteiger partial charge >= 0.3 is 0 Å².